The van der Waals surface area contributed by atoms with E-state index in [9.17, 15) is 13.6 Å². The van der Waals surface area contributed by atoms with E-state index in [1.165, 1.54) is 17.2 Å². The molecule has 0 aromatic heterocycles. The first kappa shape index (κ1) is 16.2. The monoisotopic (exact) mass is 342 g/mol. The predicted molar refractivity (Wildman–Crippen MR) is 91.3 cm³/mol. The first-order chi connectivity index (χ1) is 12.1. The molecule has 0 spiro atoms. The van der Waals surface area contributed by atoms with Crippen LogP contribution in [0.2, 0.25) is 0 Å². The molecule has 1 aliphatic heterocycles. The highest BCUT2D eigenvalue weighted by Gasteiger charge is 2.31. The van der Waals surface area contributed by atoms with Crippen LogP contribution in [0.25, 0.3) is 0 Å². The number of fused-ring (bicyclic) bond motifs is 1. The van der Waals surface area contributed by atoms with Crippen molar-refractivity contribution in [3.8, 4) is 0 Å². The molecule has 2 aromatic carbocycles. The second-order valence-corrected chi connectivity index (χ2v) is 6.71. The molecule has 1 unspecified atom stereocenters. The van der Waals surface area contributed by atoms with Gasteiger partial charge >= 0.3 is 0 Å². The fraction of sp³-hybridized carbons (Fsp3) is 0.350. The van der Waals surface area contributed by atoms with Gasteiger partial charge in [0, 0.05) is 37.8 Å². The van der Waals surface area contributed by atoms with E-state index < -0.39 is 11.6 Å². The van der Waals surface area contributed by atoms with Gasteiger partial charge in [-0.2, -0.15) is 0 Å². The molecule has 0 bridgehead atoms. The van der Waals surface area contributed by atoms with Crippen LogP contribution in [0.5, 0.6) is 0 Å². The van der Waals surface area contributed by atoms with Crippen LogP contribution in [-0.2, 0) is 6.42 Å². The molecule has 1 aliphatic carbocycles. The number of hydrogen-bond acceptors (Lipinski definition) is 2. The molecule has 1 fully saturated rings. The average Bonchev–Trinajstić information content (AvgIpc) is 3.08. The van der Waals surface area contributed by atoms with Gasteiger partial charge < -0.3 is 4.90 Å². The van der Waals surface area contributed by atoms with Gasteiger partial charge in [-0.25, -0.2) is 8.78 Å². The summed E-state index contributed by atoms with van der Waals surface area (Å²) in [5.41, 5.74) is 3.04. The van der Waals surface area contributed by atoms with Gasteiger partial charge in [0.1, 0.15) is 0 Å². The van der Waals surface area contributed by atoms with Gasteiger partial charge in [-0.1, -0.05) is 24.3 Å². The van der Waals surface area contributed by atoms with Crippen molar-refractivity contribution in [2.24, 2.45) is 0 Å². The number of hydrogen-bond donors (Lipinski definition) is 0. The molecule has 0 N–H and O–H groups in total. The third-order valence-electron chi connectivity index (χ3n) is 5.31. The van der Waals surface area contributed by atoms with Crippen molar-refractivity contribution in [1.82, 2.24) is 9.80 Å². The second kappa shape index (κ2) is 6.56. The van der Waals surface area contributed by atoms with Gasteiger partial charge in [-0.05, 0) is 42.2 Å². The molecule has 2 aromatic rings. The standard InChI is InChI=1S/C20H20F2N2O/c21-17-7-5-15(13-18(17)22)20(25)24-11-9-23(10-12-24)19-8-6-14-3-1-2-4-16(14)19/h1-5,7,13,19H,6,8-12H2. The molecule has 1 heterocycles. The Bertz CT molecular complexity index is 800. The molecule has 0 radical (unpaired) electrons. The van der Waals surface area contributed by atoms with Crippen molar-refractivity contribution >= 4 is 5.91 Å². The van der Waals surface area contributed by atoms with Gasteiger partial charge in [0.05, 0.1) is 0 Å². The van der Waals surface area contributed by atoms with E-state index >= 15 is 0 Å². The highest BCUT2D eigenvalue weighted by Crippen LogP contribution is 2.36. The molecule has 1 atom stereocenters. The van der Waals surface area contributed by atoms with Gasteiger partial charge in [0.15, 0.2) is 11.6 Å². The van der Waals surface area contributed by atoms with Gasteiger partial charge in [0.25, 0.3) is 5.91 Å². The first-order valence-electron chi connectivity index (χ1n) is 8.69. The van der Waals surface area contributed by atoms with Crippen molar-refractivity contribution < 1.29 is 13.6 Å². The quantitative estimate of drug-likeness (QED) is 0.835. The molecule has 3 nitrogen and oxygen atoms in total. The fourth-order valence-electron chi connectivity index (χ4n) is 3.96. The van der Waals surface area contributed by atoms with Crippen molar-refractivity contribution in [1.29, 1.82) is 0 Å². The number of nitrogens with zero attached hydrogens (tertiary/aromatic N) is 2. The Hall–Kier alpha value is -2.27. The summed E-state index contributed by atoms with van der Waals surface area (Å²) in [6, 6.07) is 12.3. The number of piperazine rings is 1. The lowest BCUT2D eigenvalue weighted by atomic mass is 10.1. The van der Waals surface area contributed by atoms with E-state index in [-0.39, 0.29) is 11.5 Å². The number of carbonyl (C=O) groups excluding carboxylic acids is 1. The van der Waals surface area contributed by atoms with Gasteiger partial charge in [-0.3, -0.25) is 9.69 Å². The fourth-order valence-corrected chi connectivity index (χ4v) is 3.96. The number of benzene rings is 2. The van der Waals surface area contributed by atoms with Crippen LogP contribution in [-0.4, -0.2) is 41.9 Å². The lowest BCUT2D eigenvalue weighted by Gasteiger charge is -2.38. The lowest BCUT2D eigenvalue weighted by Crippen LogP contribution is -2.49. The summed E-state index contributed by atoms with van der Waals surface area (Å²) in [6.07, 6.45) is 2.23. The Morgan fingerprint density at radius 3 is 2.48 bits per heavy atom. The van der Waals surface area contributed by atoms with E-state index in [0.29, 0.717) is 19.1 Å². The third-order valence-corrected chi connectivity index (χ3v) is 5.31. The van der Waals surface area contributed by atoms with Crippen molar-refractivity contribution in [3.05, 3.63) is 70.8 Å². The average molecular weight is 342 g/mol. The summed E-state index contributed by atoms with van der Waals surface area (Å²) in [7, 11) is 0. The molecule has 130 valence electrons. The molecule has 5 heteroatoms. The normalized spacial score (nSPS) is 20.6. The number of aryl methyl sites for hydroxylation is 1. The summed E-state index contributed by atoms with van der Waals surface area (Å²) < 4.78 is 26.4. The molecule has 4 rings (SSSR count). The second-order valence-electron chi connectivity index (χ2n) is 6.71. The highest BCUT2D eigenvalue weighted by atomic mass is 19.2. The lowest BCUT2D eigenvalue weighted by molar-refractivity contribution is 0.0567. The van der Waals surface area contributed by atoms with Crippen LogP contribution in [0.15, 0.2) is 42.5 Å². The topological polar surface area (TPSA) is 23.6 Å². The Morgan fingerprint density at radius 2 is 1.72 bits per heavy atom. The first-order valence-corrected chi connectivity index (χ1v) is 8.69. The Kier molecular flexibility index (Phi) is 4.25. The Labute approximate surface area is 145 Å². The zero-order valence-corrected chi connectivity index (χ0v) is 13.9. The summed E-state index contributed by atoms with van der Waals surface area (Å²) in [5.74, 6) is -2.14. The van der Waals surface area contributed by atoms with Crippen LogP contribution in [0.4, 0.5) is 8.78 Å². The largest absolute Gasteiger partial charge is 0.336 e. The van der Waals surface area contributed by atoms with E-state index in [1.807, 2.05) is 0 Å². The van der Waals surface area contributed by atoms with E-state index in [1.54, 1.807) is 4.90 Å². The third kappa shape index (κ3) is 3.04. The minimum absolute atomic E-state index is 0.207. The van der Waals surface area contributed by atoms with Gasteiger partial charge in [-0.15, -0.1) is 0 Å². The van der Waals surface area contributed by atoms with E-state index in [4.69, 9.17) is 0 Å². The molecule has 2 aliphatic rings. The minimum Gasteiger partial charge on any atom is -0.336 e. The van der Waals surface area contributed by atoms with E-state index in [2.05, 4.69) is 29.2 Å². The molecule has 25 heavy (non-hydrogen) atoms. The summed E-state index contributed by atoms with van der Waals surface area (Å²) in [5, 5.41) is 0. The minimum atomic E-state index is -0.980. The summed E-state index contributed by atoms with van der Waals surface area (Å²) >= 11 is 0. The van der Waals surface area contributed by atoms with Gasteiger partial charge in [0.2, 0.25) is 0 Å². The maximum absolute atomic E-state index is 13.4. The van der Waals surface area contributed by atoms with Crippen molar-refractivity contribution in [2.45, 2.75) is 18.9 Å². The molecule has 1 saturated heterocycles. The SMILES string of the molecule is O=C(c1ccc(F)c(F)c1)N1CCN(C2CCc3ccccc32)CC1. The number of carbonyl (C=O) groups is 1. The number of halogens is 2. The maximum Gasteiger partial charge on any atom is 0.254 e. The smallest absolute Gasteiger partial charge is 0.254 e. The number of rotatable bonds is 2. The van der Waals surface area contributed by atoms with Crippen LogP contribution < -0.4 is 0 Å². The maximum atomic E-state index is 13.4. The molecule has 1 amide bonds. The zero-order chi connectivity index (χ0) is 17.4. The van der Waals surface area contributed by atoms with Crippen LogP contribution in [0.3, 0.4) is 0 Å². The Morgan fingerprint density at radius 1 is 0.960 bits per heavy atom. The summed E-state index contributed by atoms with van der Waals surface area (Å²) in [6.45, 7) is 2.82. The highest BCUT2D eigenvalue weighted by molar-refractivity contribution is 5.94. The van der Waals surface area contributed by atoms with Crippen molar-refractivity contribution in [2.75, 3.05) is 26.2 Å². The predicted octanol–water partition coefficient (Wildman–Crippen LogP) is 3.41. The molecular formula is C20H20F2N2O. The van der Waals surface area contributed by atoms with Crippen LogP contribution >= 0.6 is 0 Å². The van der Waals surface area contributed by atoms with E-state index in [0.717, 1.165) is 38.1 Å². The zero-order valence-electron chi connectivity index (χ0n) is 13.9. The molecule has 0 saturated carbocycles. The van der Waals surface area contributed by atoms with Crippen LogP contribution in [0, 0.1) is 11.6 Å². The Balaban J connectivity index is 1.42. The molecular weight excluding hydrogens is 322 g/mol. The summed E-state index contributed by atoms with van der Waals surface area (Å²) in [4.78, 5) is 16.7. The van der Waals surface area contributed by atoms with Crippen LogP contribution in [0.1, 0.15) is 33.9 Å². The van der Waals surface area contributed by atoms with Crippen molar-refractivity contribution in [3.63, 3.8) is 0 Å². The number of amides is 1.